The maximum absolute atomic E-state index is 12.7. The molecule has 26 heavy (non-hydrogen) atoms. The quantitative estimate of drug-likeness (QED) is 0.629. The van der Waals surface area contributed by atoms with Gasteiger partial charge in [-0.1, -0.05) is 58.5 Å². The molecule has 3 rings (SSSR count). The number of benzene rings is 2. The summed E-state index contributed by atoms with van der Waals surface area (Å²) >= 11 is 24.4. The van der Waals surface area contributed by atoms with E-state index in [0.29, 0.717) is 38.9 Å². The number of anilines is 1. The molecule has 1 heterocycles. The van der Waals surface area contributed by atoms with Crippen LogP contribution >= 0.6 is 46.4 Å². The SMILES string of the molecule is O=C(Nc1cccc(Cl)c1Cl)[C@@H]1CCCN(Cc2ccc(Cl)cc2Cl)C1. The van der Waals surface area contributed by atoms with Gasteiger partial charge in [-0.2, -0.15) is 0 Å². The average Bonchev–Trinajstić information content (AvgIpc) is 2.61. The van der Waals surface area contributed by atoms with Crippen LogP contribution in [0, 0.1) is 5.92 Å². The zero-order valence-electron chi connectivity index (χ0n) is 13.9. The van der Waals surface area contributed by atoms with Gasteiger partial charge in [-0.15, -0.1) is 0 Å². The van der Waals surface area contributed by atoms with Crippen molar-refractivity contribution in [3.05, 3.63) is 62.1 Å². The van der Waals surface area contributed by atoms with Gasteiger partial charge in [0.25, 0.3) is 0 Å². The third kappa shape index (κ3) is 4.85. The number of amides is 1. The summed E-state index contributed by atoms with van der Waals surface area (Å²) in [7, 11) is 0. The van der Waals surface area contributed by atoms with Crippen molar-refractivity contribution in [1.82, 2.24) is 4.90 Å². The summed E-state index contributed by atoms with van der Waals surface area (Å²) < 4.78 is 0. The molecule has 7 heteroatoms. The highest BCUT2D eigenvalue weighted by molar-refractivity contribution is 6.44. The highest BCUT2D eigenvalue weighted by Crippen LogP contribution is 2.31. The molecule has 1 atom stereocenters. The predicted molar refractivity (Wildman–Crippen MR) is 110 cm³/mol. The predicted octanol–water partition coefficient (Wildman–Crippen LogP) is 6.15. The Labute approximate surface area is 173 Å². The van der Waals surface area contributed by atoms with Crippen LogP contribution in [0.5, 0.6) is 0 Å². The topological polar surface area (TPSA) is 32.3 Å². The van der Waals surface area contributed by atoms with E-state index >= 15 is 0 Å². The number of rotatable bonds is 4. The normalized spacial score (nSPS) is 17.9. The Kier molecular flexibility index (Phi) is 6.70. The molecule has 0 saturated carbocycles. The number of hydrogen-bond donors (Lipinski definition) is 1. The summed E-state index contributed by atoms with van der Waals surface area (Å²) in [6.07, 6.45) is 1.79. The molecular weight excluding hydrogens is 414 g/mol. The first-order chi connectivity index (χ1) is 12.4. The lowest BCUT2D eigenvalue weighted by molar-refractivity contribution is -0.121. The Bertz CT molecular complexity index is 812. The van der Waals surface area contributed by atoms with E-state index in [0.717, 1.165) is 24.9 Å². The lowest BCUT2D eigenvalue weighted by Gasteiger charge is -2.32. The summed E-state index contributed by atoms with van der Waals surface area (Å²) in [5.41, 5.74) is 1.55. The number of nitrogens with one attached hydrogen (secondary N) is 1. The molecule has 1 saturated heterocycles. The van der Waals surface area contributed by atoms with Crippen molar-refractivity contribution in [2.45, 2.75) is 19.4 Å². The highest BCUT2D eigenvalue weighted by Gasteiger charge is 2.26. The Morgan fingerprint density at radius 3 is 2.69 bits per heavy atom. The number of likely N-dealkylation sites (tertiary alicyclic amines) is 1. The second-order valence-corrected chi connectivity index (χ2v) is 8.03. The second kappa shape index (κ2) is 8.81. The molecule has 2 aromatic rings. The molecule has 0 bridgehead atoms. The number of piperidine rings is 1. The maximum Gasteiger partial charge on any atom is 0.228 e. The van der Waals surface area contributed by atoms with Crippen LogP contribution in [0.15, 0.2) is 36.4 Å². The van der Waals surface area contributed by atoms with Gasteiger partial charge in [0.05, 0.1) is 21.7 Å². The van der Waals surface area contributed by atoms with Crippen LogP contribution in [-0.4, -0.2) is 23.9 Å². The van der Waals surface area contributed by atoms with Crippen molar-refractivity contribution in [2.24, 2.45) is 5.92 Å². The van der Waals surface area contributed by atoms with Gasteiger partial charge in [-0.3, -0.25) is 9.69 Å². The maximum atomic E-state index is 12.7. The van der Waals surface area contributed by atoms with Gasteiger partial charge in [0, 0.05) is 23.1 Å². The molecule has 1 amide bonds. The van der Waals surface area contributed by atoms with E-state index in [9.17, 15) is 4.79 Å². The highest BCUT2D eigenvalue weighted by atomic mass is 35.5. The van der Waals surface area contributed by atoms with Crippen molar-refractivity contribution in [3.8, 4) is 0 Å². The van der Waals surface area contributed by atoms with Crippen molar-refractivity contribution >= 4 is 58.0 Å². The number of halogens is 4. The zero-order valence-corrected chi connectivity index (χ0v) is 17.0. The van der Waals surface area contributed by atoms with Crippen LogP contribution in [0.25, 0.3) is 0 Å². The molecule has 0 unspecified atom stereocenters. The number of carbonyl (C=O) groups excluding carboxylic acids is 1. The van der Waals surface area contributed by atoms with Crippen LogP contribution in [0.1, 0.15) is 18.4 Å². The molecule has 1 aliphatic rings. The Morgan fingerprint density at radius 1 is 1.12 bits per heavy atom. The van der Waals surface area contributed by atoms with Gasteiger partial charge in [0.1, 0.15) is 0 Å². The molecule has 0 spiro atoms. The minimum absolute atomic E-state index is 0.0407. The number of hydrogen-bond acceptors (Lipinski definition) is 2. The molecule has 1 N–H and O–H groups in total. The van der Waals surface area contributed by atoms with E-state index in [-0.39, 0.29) is 11.8 Å². The summed E-state index contributed by atoms with van der Waals surface area (Å²) in [5, 5.41) is 4.95. The van der Waals surface area contributed by atoms with Gasteiger partial charge in [-0.25, -0.2) is 0 Å². The van der Waals surface area contributed by atoms with Gasteiger partial charge < -0.3 is 5.32 Å². The smallest absolute Gasteiger partial charge is 0.228 e. The molecule has 138 valence electrons. The molecule has 2 aromatic carbocycles. The van der Waals surface area contributed by atoms with E-state index in [2.05, 4.69) is 10.2 Å². The summed E-state index contributed by atoms with van der Waals surface area (Å²) in [4.78, 5) is 14.9. The third-order valence-electron chi connectivity index (χ3n) is 4.49. The number of carbonyl (C=O) groups is 1. The van der Waals surface area contributed by atoms with E-state index in [1.165, 1.54) is 0 Å². The van der Waals surface area contributed by atoms with Gasteiger partial charge in [0.15, 0.2) is 0 Å². The summed E-state index contributed by atoms with van der Waals surface area (Å²) in [6, 6.07) is 10.7. The zero-order chi connectivity index (χ0) is 18.7. The van der Waals surface area contributed by atoms with E-state index < -0.39 is 0 Å². The summed E-state index contributed by atoms with van der Waals surface area (Å²) in [6.45, 7) is 2.29. The van der Waals surface area contributed by atoms with Crippen LogP contribution in [0.4, 0.5) is 5.69 Å². The first kappa shape index (κ1) is 19.8. The van der Waals surface area contributed by atoms with Crippen molar-refractivity contribution < 1.29 is 4.79 Å². The fourth-order valence-electron chi connectivity index (χ4n) is 3.14. The van der Waals surface area contributed by atoms with Crippen LogP contribution < -0.4 is 5.32 Å². The second-order valence-electron chi connectivity index (χ2n) is 6.40. The molecule has 1 aliphatic heterocycles. The Hall–Kier alpha value is -0.970. The fraction of sp³-hybridized carbons (Fsp3) is 0.316. The standard InChI is InChI=1S/C19H18Cl4N2O/c20-14-7-6-12(16(22)9-14)10-25-8-2-3-13(11-25)19(26)24-17-5-1-4-15(21)18(17)23/h1,4-7,9,13H,2-3,8,10-11H2,(H,24,26)/t13-/m1/s1. The first-order valence-corrected chi connectivity index (χ1v) is 9.86. The molecule has 0 aromatic heterocycles. The Balaban J connectivity index is 1.64. The summed E-state index contributed by atoms with van der Waals surface area (Å²) in [5.74, 6) is -0.147. The number of nitrogens with zero attached hydrogens (tertiary/aromatic N) is 1. The largest absolute Gasteiger partial charge is 0.324 e. The molecule has 0 radical (unpaired) electrons. The molecular formula is C19H18Cl4N2O. The van der Waals surface area contributed by atoms with Gasteiger partial charge in [-0.05, 0) is 49.2 Å². The first-order valence-electron chi connectivity index (χ1n) is 8.35. The lowest BCUT2D eigenvalue weighted by atomic mass is 9.96. The lowest BCUT2D eigenvalue weighted by Crippen LogP contribution is -2.40. The Morgan fingerprint density at radius 2 is 1.92 bits per heavy atom. The minimum Gasteiger partial charge on any atom is -0.324 e. The molecule has 1 fully saturated rings. The molecule has 3 nitrogen and oxygen atoms in total. The van der Waals surface area contributed by atoms with E-state index in [4.69, 9.17) is 46.4 Å². The van der Waals surface area contributed by atoms with E-state index in [1.807, 2.05) is 12.1 Å². The fourth-order valence-corrected chi connectivity index (χ4v) is 3.96. The van der Waals surface area contributed by atoms with E-state index in [1.54, 1.807) is 24.3 Å². The third-order valence-corrected chi connectivity index (χ3v) is 5.90. The van der Waals surface area contributed by atoms with Gasteiger partial charge in [0.2, 0.25) is 5.91 Å². The monoisotopic (exact) mass is 430 g/mol. The average molecular weight is 432 g/mol. The van der Waals surface area contributed by atoms with Crippen LogP contribution in [0.3, 0.4) is 0 Å². The van der Waals surface area contributed by atoms with Crippen molar-refractivity contribution in [3.63, 3.8) is 0 Å². The van der Waals surface area contributed by atoms with Crippen molar-refractivity contribution in [1.29, 1.82) is 0 Å². The molecule has 0 aliphatic carbocycles. The van der Waals surface area contributed by atoms with Crippen LogP contribution in [-0.2, 0) is 11.3 Å². The van der Waals surface area contributed by atoms with Crippen LogP contribution in [0.2, 0.25) is 20.1 Å². The van der Waals surface area contributed by atoms with Crippen molar-refractivity contribution in [2.75, 3.05) is 18.4 Å². The van der Waals surface area contributed by atoms with Gasteiger partial charge >= 0.3 is 0 Å². The minimum atomic E-state index is -0.107.